The molecule has 2 aromatic carbocycles. The minimum atomic E-state index is 0.300. The second-order valence-corrected chi connectivity index (χ2v) is 9.61. The van der Waals surface area contributed by atoms with E-state index in [-0.39, 0.29) is 0 Å². The predicted octanol–water partition coefficient (Wildman–Crippen LogP) is 5.57. The van der Waals surface area contributed by atoms with Gasteiger partial charge in [-0.3, -0.25) is 9.98 Å². The van der Waals surface area contributed by atoms with Crippen molar-refractivity contribution in [1.82, 2.24) is 19.4 Å². The van der Waals surface area contributed by atoms with Crippen LogP contribution >= 0.6 is 0 Å². The summed E-state index contributed by atoms with van der Waals surface area (Å²) in [7, 11) is 2.18. The minimum absolute atomic E-state index is 0.300. The van der Waals surface area contributed by atoms with Crippen molar-refractivity contribution in [3.05, 3.63) is 96.1 Å². The van der Waals surface area contributed by atoms with Crippen LogP contribution in [-0.4, -0.2) is 45.6 Å². The summed E-state index contributed by atoms with van der Waals surface area (Å²) in [6, 6.07) is 27.5. The van der Waals surface area contributed by atoms with Gasteiger partial charge in [0.15, 0.2) is 0 Å². The number of para-hydroxylation sites is 3. The summed E-state index contributed by atoms with van der Waals surface area (Å²) in [6.45, 7) is 4.14. The Hall–Kier alpha value is -4.03. The lowest BCUT2D eigenvalue weighted by atomic mass is 10.1. The van der Waals surface area contributed by atoms with Crippen molar-refractivity contribution in [3.8, 4) is 17.1 Å². The number of hydrogen-bond donors (Lipinski definition) is 1. The number of nitrogens with one attached hydrogen (secondary N) is 1. The fraction of sp³-hybridized carbons (Fsp3) is 0.233. The Morgan fingerprint density at radius 3 is 2.47 bits per heavy atom. The Labute approximate surface area is 211 Å². The van der Waals surface area contributed by atoms with Crippen molar-refractivity contribution in [3.63, 3.8) is 0 Å². The first-order valence-corrected chi connectivity index (χ1v) is 12.6. The monoisotopic (exact) mass is 474 g/mol. The first kappa shape index (κ1) is 22.4. The number of likely N-dealkylation sites (tertiary alicyclic amines) is 1. The molecule has 1 saturated heterocycles. The first-order chi connectivity index (χ1) is 17.6. The summed E-state index contributed by atoms with van der Waals surface area (Å²) < 4.78 is 2.29. The van der Waals surface area contributed by atoms with Gasteiger partial charge in [0, 0.05) is 11.4 Å². The highest BCUT2D eigenvalue weighted by Crippen LogP contribution is 2.30. The molecule has 3 aliphatic rings. The van der Waals surface area contributed by atoms with E-state index in [9.17, 15) is 0 Å². The van der Waals surface area contributed by atoms with Gasteiger partial charge in [0.05, 0.1) is 51.4 Å². The highest BCUT2D eigenvalue weighted by atomic mass is 15.1. The number of nitrogens with zero attached hydrogens (tertiary/aromatic N) is 5. The molecule has 0 radical (unpaired) electrons. The molecular formula is C30H30N6. The van der Waals surface area contributed by atoms with Crippen molar-refractivity contribution in [2.75, 3.05) is 25.5 Å². The van der Waals surface area contributed by atoms with Crippen LogP contribution in [0.3, 0.4) is 0 Å². The summed E-state index contributed by atoms with van der Waals surface area (Å²) in [4.78, 5) is 17.2. The third-order valence-corrected chi connectivity index (χ3v) is 6.91. The standard InChI is InChI=1S/C30H30N6/c1-21-12-13-23(20-31-21)33-26-18-28-30(19-27(26)32-22-14-16-35(2)17-15-22)36(24-8-4-3-5-9-24)29-11-7-6-10-25(29)34-28/h3-13,18-20,22,33H,14-17H2,1-2H3. The van der Waals surface area contributed by atoms with Crippen molar-refractivity contribution < 1.29 is 0 Å². The van der Waals surface area contributed by atoms with Crippen LogP contribution in [0.2, 0.25) is 0 Å². The van der Waals surface area contributed by atoms with Crippen molar-refractivity contribution in [1.29, 1.82) is 0 Å². The van der Waals surface area contributed by atoms with Crippen molar-refractivity contribution >= 4 is 22.4 Å². The Morgan fingerprint density at radius 2 is 1.69 bits per heavy atom. The zero-order valence-electron chi connectivity index (χ0n) is 20.7. The van der Waals surface area contributed by atoms with E-state index in [0.29, 0.717) is 6.04 Å². The highest BCUT2D eigenvalue weighted by molar-refractivity contribution is 5.84. The van der Waals surface area contributed by atoms with Gasteiger partial charge in [0.2, 0.25) is 0 Å². The lowest BCUT2D eigenvalue weighted by Gasteiger charge is -2.26. The molecule has 0 bridgehead atoms. The maximum Gasteiger partial charge on any atom is 0.0900 e. The van der Waals surface area contributed by atoms with E-state index < -0.39 is 0 Å². The van der Waals surface area contributed by atoms with Crippen LogP contribution in [0.5, 0.6) is 0 Å². The summed E-state index contributed by atoms with van der Waals surface area (Å²) >= 11 is 0. The maximum absolute atomic E-state index is 5.28. The summed E-state index contributed by atoms with van der Waals surface area (Å²) in [6.07, 6.45) is 4.00. The molecule has 36 heavy (non-hydrogen) atoms. The van der Waals surface area contributed by atoms with E-state index >= 15 is 0 Å². The van der Waals surface area contributed by atoms with Crippen LogP contribution in [0.25, 0.3) is 28.1 Å². The molecular weight excluding hydrogens is 444 g/mol. The molecule has 180 valence electrons. The minimum Gasteiger partial charge on any atom is -0.352 e. The lowest BCUT2D eigenvalue weighted by Crippen LogP contribution is -2.33. The second-order valence-electron chi connectivity index (χ2n) is 9.61. The molecule has 1 N–H and O–H groups in total. The zero-order chi connectivity index (χ0) is 24.5. The van der Waals surface area contributed by atoms with Gasteiger partial charge in [0.25, 0.3) is 0 Å². The van der Waals surface area contributed by atoms with Gasteiger partial charge >= 0.3 is 0 Å². The third-order valence-electron chi connectivity index (χ3n) is 6.91. The second kappa shape index (κ2) is 9.55. The highest BCUT2D eigenvalue weighted by Gasteiger charge is 2.19. The van der Waals surface area contributed by atoms with Gasteiger partial charge in [0.1, 0.15) is 0 Å². The van der Waals surface area contributed by atoms with E-state index in [1.54, 1.807) is 0 Å². The van der Waals surface area contributed by atoms with E-state index in [1.165, 1.54) is 0 Å². The van der Waals surface area contributed by atoms with Crippen molar-refractivity contribution in [2.45, 2.75) is 25.8 Å². The fourth-order valence-electron chi connectivity index (χ4n) is 4.92. The average molecular weight is 475 g/mol. The van der Waals surface area contributed by atoms with Gasteiger partial charge in [-0.25, -0.2) is 4.98 Å². The summed E-state index contributed by atoms with van der Waals surface area (Å²) in [5, 5.41) is 4.54. The number of aromatic nitrogens is 3. The van der Waals surface area contributed by atoms with Gasteiger partial charge in [-0.1, -0.05) is 30.3 Å². The molecule has 1 fully saturated rings. The van der Waals surface area contributed by atoms with Gasteiger partial charge in [-0.15, -0.1) is 0 Å². The Kier molecular flexibility index (Phi) is 5.95. The van der Waals surface area contributed by atoms with Crippen LogP contribution in [0.1, 0.15) is 18.5 Å². The van der Waals surface area contributed by atoms with Gasteiger partial charge in [-0.05, 0) is 88.4 Å². The van der Waals surface area contributed by atoms with Crippen LogP contribution in [0.15, 0.2) is 90.1 Å². The molecule has 0 unspecified atom stereocenters. The molecule has 6 nitrogen and oxygen atoms in total. The number of rotatable bonds is 4. The molecule has 6 rings (SSSR count). The molecule has 0 saturated carbocycles. The maximum atomic E-state index is 5.28. The number of piperidine rings is 1. The molecule has 3 heterocycles. The van der Waals surface area contributed by atoms with Crippen molar-refractivity contribution in [2.24, 2.45) is 4.99 Å². The molecule has 0 amide bonds. The Morgan fingerprint density at radius 1 is 0.917 bits per heavy atom. The molecule has 2 aliphatic heterocycles. The normalized spacial score (nSPS) is 15.6. The summed E-state index contributed by atoms with van der Waals surface area (Å²) in [5.74, 6) is 0. The van der Waals surface area contributed by atoms with E-state index in [0.717, 1.165) is 76.5 Å². The molecule has 3 aromatic rings. The predicted molar refractivity (Wildman–Crippen MR) is 146 cm³/mol. The molecule has 6 heteroatoms. The molecule has 1 aromatic heterocycles. The Balaban J connectivity index is 1.59. The number of fused-ring (bicyclic) bond motifs is 2. The zero-order valence-corrected chi connectivity index (χ0v) is 20.7. The van der Waals surface area contributed by atoms with E-state index in [4.69, 9.17) is 9.98 Å². The SMILES string of the molecule is Cc1ccc(Nc2cc3nc4ccccc4n(-c4ccccc4)c-3cc2=NC2CCN(C)CC2)cn1. The van der Waals surface area contributed by atoms with Gasteiger partial charge in [-0.2, -0.15) is 0 Å². The largest absolute Gasteiger partial charge is 0.352 e. The fourth-order valence-corrected chi connectivity index (χ4v) is 4.92. The molecule has 0 spiro atoms. The van der Waals surface area contributed by atoms with Crippen LogP contribution in [0.4, 0.5) is 11.4 Å². The van der Waals surface area contributed by atoms with E-state index in [2.05, 4.69) is 87.5 Å². The number of benzene rings is 3. The third kappa shape index (κ3) is 4.48. The molecule has 1 aliphatic carbocycles. The molecule has 0 atom stereocenters. The number of hydrogen-bond acceptors (Lipinski definition) is 5. The Bertz CT molecular complexity index is 1530. The average Bonchev–Trinajstić information content (AvgIpc) is 2.91. The topological polar surface area (TPSA) is 58.3 Å². The van der Waals surface area contributed by atoms with Gasteiger partial charge < -0.3 is 14.8 Å². The summed E-state index contributed by atoms with van der Waals surface area (Å²) in [5.41, 5.74) is 7.98. The smallest absolute Gasteiger partial charge is 0.0900 e. The number of aryl methyl sites for hydroxylation is 1. The number of pyridine rings is 1. The lowest BCUT2D eigenvalue weighted by molar-refractivity contribution is 0.255. The van der Waals surface area contributed by atoms with Crippen LogP contribution in [0, 0.1) is 6.92 Å². The number of anilines is 2. The quantitative estimate of drug-likeness (QED) is 0.346. The first-order valence-electron chi connectivity index (χ1n) is 12.6. The van der Waals surface area contributed by atoms with Crippen LogP contribution in [-0.2, 0) is 0 Å². The van der Waals surface area contributed by atoms with E-state index in [1.807, 2.05) is 31.3 Å². The van der Waals surface area contributed by atoms with Crippen LogP contribution < -0.4 is 10.7 Å².